The van der Waals surface area contributed by atoms with Crippen LogP contribution in [0.25, 0.3) is 0 Å². The number of aromatic nitrogens is 2. The lowest BCUT2D eigenvalue weighted by Crippen LogP contribution is -2.04. The van der Waals surface area contributed by atoms with Gasteiger partial charge in [-0.25, -0.2) is 14.8 Å². The van der Waals surface area contributed by atoms with Crippen molar-refractivity contribution < 1.29 is 15.0 Å². The third-order valence-corrected chi connectivity index (χ3v) is 3.33. The predicted molar refractivity (Wildman–Crippen MR) is 66.7 cm³/mol. The van der Waals surface area contributed by atoms with E-state index in [9.17, 15) is 9.90 Å². The van der Waals surface area contributed by atoms with E-state index in [1.165, 1.54) is 24.3 Å². The Morgan fingerprint density at radius 3 is 2.83 bits per heavy atom. The molecule has 2 N–H and O–H groups in total. The Balaban J connectivity index is 2.16. The molecule has 18 heavy (non-hydrogen) atoms. The van der Waals surface area contributed by atoms with Crippen molar-refractivity contribution in [2.24, 2.45) is 0 Å². The molecule has 0 saturated carbocycles. The second-order valence-corrected chi connectivity index (χ2v) is 4.46. The summed E-state index contributed by atoms with van der Waals surface area (Å²) in [5.74, 6) is -0.515. The topological polar surface area (TPSA) is 83.3 Å². The number of thioether (sulfide) groups is 1. The highest BCUT2D eigenvalue weighted by Crippen LogP contribution is 2.30. The molecule has 2 aromatic rings. The number of phenolic OH excluding ortho intramolecular Hbond substituents is 1. The summed E-state index contributed by atoms with van der Waals surface area (Å²) in [6.45, 7) is 0. The van der Waals surface area contributed by atoms with Crippen LogP contribution in [-0.2, 0) is 5.75 Å². The average molecular weight is 262 g/mol. The summed E-state index contributed by atoms with van der Waals surface area (Å²) in [5.41, 5.74) is 0.520. The van der Waals surface area contributed by atoms with Crippen LogP contribution in [0.4, 0.5) is 0 Å². The summed E-state index contributed by atoms with van der Waals surface area (Å²) < 4.78 is 0. The molecule has 1 aromatic carbocycles. The van der Waals surface area contributed by atoms with Crippen molar-refractivity contribution in [3.05, 3.63) is 48.0 Å². The fourth-order valence-corrected chi connectivity index (χ4v) is 2.29. The van der Waals surface area contributed by atoms with Gasteiger partial charge in [0.2, 0.25) is 0 Å². The zero-order chi connectivity index (χ0) is 13.0. The number of para-hydroxylation sites is 1. The minimum Gasteiger partial charge on any atom is -0.507 e. The van der Waals surface area contributed by atoms with Gasteiger partial charge in [0.05, 0.1) is 5.69 Å². The summed E-state index contributed by atoms with van der Waals surface area (Å²) in [5, 5.41) is 18.6. The molecule has 0 atom stereocenters. The molecule has 0 spiro atoms. The number of aromatic hydroxyl groups is 1. The Morgan fingerprint density at radius 2 is 2.11 bits per heavy atom. The lowest BCUT2D eigenvalue weighted by atomic mass is 10.2. The maximum atomic E-state index is 11.0. The fraction of sp³-hybridized carbons (Fsp3) is 0.0833. The van der Waals surface area contributed by atoms with Gasteiger partial charge in [-0.05, 0) is 12.1 Å². The Kier molecular flexibility index (Phi) is 3.78. The van der Waals surface area contributed by atoms with Gasteiger partial charge in [-0.1, -0.05) is 12.1 Å². The van der Waals surface area contributed by atoms with Crippen LogP contribution >= 0.6 is 11.8 Å². The van der Waals surface area contributed by atoms with Crippen LogP contribution in [0.15, 0.2) is 41.7 Å². The van der Waals surface area contributed by atoms with Crippen LogP contribution in [0.2, 0.25) is 0 Å². The summed E-state index contributed by atoms with van der Waals surface area (Å²) in [7, 11) is 0. The molecule has 0 aliphatic carbocycles. The van der Waals surface area contributed by atoms with Crippen molar-refractivity contribution in [3.63, 3.8) is 0 Å². The largest absolute Gasteiger partial charge is 0.507 e. The van der Waals surface area contributed by atoms with Crippen molar-refractivity contribution in [2.75, 3.05) is 0 Å². The second-order valence-electron chi connectivity index (χ2n) is 3.44. The standard InChI is InChI=1S/C12H10N2O3S/c15-10-3-1-2-4-11(10)18-6-9-8(12(16)17)5-13-7-14-9/h1-5,7,15H,6H2,(H,16,17). The van der Waals surface area contributed by atoms with Gasteiger partial charge < -0.3 is 10.2 Å². The monoisotopic (exact) mass is 262 g/mol. The van der Waals surface area contributed by atoms with Gasteiger partial charge in [0, 0.05) is 16.8 Å². The third kappa shape index (κ3) is 2.78. The zero-order valence-electron chi connectivity index (χ0n) is 9.28. The molecule has 5 nitrogen and oxygen atoms in total. The molecule has 0 aliphatic heterocycles. The zero-order valence-corrected chi connectivity index (χ0v) is 10.1. The van der Waals surface area contributed by atoms with Gasteiger partial charge in [0.1, 0.15) is 17.6 Å². The van der Waals surface area contributed by atoms with E-state index < -0.39 is 5.97 Å². The van der Waals surface area contributed by atoms with E-state index in [0.717, 1.165) is 0 Å². The second kappa shape index (κ2) is 5.50. The van der Waals surface area contributed by atoms with E-state index in [1.54, 1.807) is 24.3 Å². The molecule has 0 amide bonds. The summed E-state index contributed by atoms with van der Waals surface area (Å²) in [6, 6.07) is 6.88. The van der Waals surface area contributed by atoms with Crippen LogP contribution < -0.4 is 0 Å². The fourth-order valence-electron chi connectivity index (χ4n) is 1.37. The molecule has 0 saturated heterocycles. The first kappa shape index (κ1) is 12.4. The van der Waals surface area contributed by atoms with Crippen molar-refractivity contribution in [1.82, 2.24) is 9.97 Å². The quantitative estimate of drug-likeness (QED) is 0.822. The molecule has 6 heteroatoms. The molecule has 0 aliphatic rings. The highest BCUT2D eigenvalue weighted by atomic mass is 32.2. The highest BCUT2D eigenvalue weighted by Gasteiger charge is 2.12. The van der Waals surface area contributed by atoms with Gasteiger partial charge in [0.25, 0.3) is 0 Å². The molecule has 2 rings (SSSR count). The lowest BCUT2D eigenvalue weighted by molar-refractivity contribution is 0.0695. The van der Waals surface area contributed by atoms with Gasteiger partial charge >= 0.3 is 5.97 Å². The van der Waals surface area contributed by atoms with E-state index in [2.05, 4.69) is 9.97 Å². The Labute approximate surface area is 108 Å². The summed E-state index contributed by atoms with van der Waals surface area (Å²) in [4.78, 5) is 19.3. The van der Waals surface area contributed by atoms with Gasteiger partial charge in [-0.2, -0.15) is 0 Å². The van der Waals surface area contributed by atoms with Gasteiger partial charge in [0.15, 0.2) is 0 Å². The Morgan fingerprint density at radius 1 is 1.33 bits per heavy atom. The smallest absolute Gasteiger partial charge is 0.339 e. The number of carbonyl (C=O) groups is 1. The van der Waals surface area contributed by atoms with Crippen LogP contribution in [0.1, 0.15) is 16.1 Å². The SMILES string of the molecule is O=C(O)c1cncnc1CSc1ccccc1O. The molecule has 0 bridgehead atoms. The van der Waals surface area contributed by atoms with Crippen molar-refractivity contribution in [3.8, 4) is 5.75 Å². The Hall–Kier alpha value is -2.08. The van der Waals surface area contributed by atoms with Gasteiger partial charge in [-0.15, -0.1) is 11.8 Å². The number of rotatable bonds is 4. The molecule has 1 aromatic heterocycles. The molecule has 0 unspecified atom stereocenters. The normalized spacial score (nSPS) is 10.2. The number of hydrogen-bond acceptors (Lipinski definition) is 5. The molecular formula is C12H10N2O3S. The van der Waals surface area contributed by atoms with Crippen LogP contribution in [-0.4, -0.2) is 26.2 Å². The maximum Gasteiger partial charge on any atom is 0.339 e. The van der Waals surface area contributed by atoms with Crippen LogP contribution in [0.5, 0.6) is 5.75 Å². The number of carboxylic acid groups (broad SMARTS) is 1. The Bertz CT molecular complexity index is 575. The van der Waals surface area contributed by atoms with Crippen LogP contribution in [0, 0.1) is 0 Å². The molecule has 0 fully saturated rings. The van der Waals surface area contributed by atoms with E-state index in [1.807, 2.05) is 0 Å². The van der Waals surface area contributed by atoms with Crippen molar-refractivity contribution in [2.45, 2.75) is 10.6 Å². The van der Waals surface area contributed by atoms with E-state index in [0.29, 0.717) is 16.3 Å². The average Bonchev–Trinajstić information content (AvgIpc) is 2.38. The van der Waals surface area contributed by atoms with Crippen molar-refractivity contribution >= 4 is 17.7 Å². The predicted octanol–water partition coefficient (Wildman–Crippen LogP) is 2.17. The number of phenols is 1. The lowest BCUT2D eigenvalue weighted by Gasteiger charge is -2.05. The van der Waals surface area contributed by atoms with E-state index >= 15 is 0 Å². The van der Waals surface area contributed by atoms with E-state index in [-0.39, 0.29) is 11.3 Å². The molecular weight excluding hydrogens is 252 g/mol. The number of benzene rings is 1. The molecule has 92 valence electrons. The number of carboxylic acids is 1. The first-order valence-corrected chi connectivity index (χ1v) is 6.10. The summed E-state index contributed by atoms with van der Waals surface area (Å²) >= 11 is 1.33. The van der Waals surface area contributed by atoms with Crippen molar-refractivity contribution in [1.29, 1.82) is 0 Å². The maximum absolute atomic E-state index is 11.0. The minimum absolute atomic E-state index is 0.0837. The highest BCUT2D eigenvalue weighted by molar-refractivity contribution is 7.98. The first-order valence-electron chi connectivity index (χ1n) is 5.11. The summed E-state index contributed by atoms with van der Waals surface area (Å²) in [6.07, 6.45) is 2.59. The van der Waals surface area contributed by atoms with Crippen LogP contribution in [0.3, 0.4) is 0 Å². The third-order valence-electron chi connectivity index (χ3n) is 2.25. The van der Waals surface area contributed by atoms with Gasteiger partial charge in [-0.3, -0.25) is 0 Å². The number of hydrogen-bond donors (Lipinski definition) is 2. The number of nitrogens with zero attached hydrogens (tertiary/aromatic N) is 2. The van der Waals surface area contributed by atoms with E-state index in [4.69, 9.17) is 5.11 Å². The minimum atomic E-state index is -1.05. The first-order chi connectivity index (χ1) is 8.68. The molecule has 0 radical (unpaired) electrons. The number of aromatic carboxylic acids is 1. The molecule has 1 heterocycles.